The summed E-state index contributed by atoms with van der Waals surface area (Å²) < 4.78 is 31.3. The van der Waals surface area contributed by atoms with E-state index in [9.17, 15) is 28.1 Å². The first kappa shape index (κ1) is 27.6. The molecule has 190 valence electrons. The lowest BCUT2D eigenvalue weighted by molar-refractivity contribution is -0.384. The Labute approximate surface area is 204 Å². The van der Waals surface area contributed by atoms with Crippen LogP contribution in [0.2, 0.25) is 0 Å². The molecule has 1 N–H and O–H groups in total. The van der Waals surface area contributed by atoms with Gasteiger partial charge in [0, 0.05) is 25.2 Å². The third-order valence-electron chi connectivity index (χ3n) is 5.32. The van der Waals surface area contributed by atoms with E-state index in [1.54, 1.807) is 13.8 Å². The number of carbonyl (C=O) groups excluding carboxylic acids is 2. The second-order valence-corrected chi connectivity index (χ2v) is 9.68. The van der Waals surface area contributed by atoms with Crippen molar-refractivity contribution in [1.82, 2.24) is 10.2 Å². The molecule has 0 aliphatic carbocycles. The number of nitrogens with zero attached hydrogens (tertiary/aromatic N) is 3. The van der Waals surface area contributed by atoms with Gasteiger partial charge in [0.2, 0.25) is 21.8 Å². The lowest BCUT2D eigenvalue weighted by Gasteiger charge is -2.31. The lowest BCUT2D eigenvalue weighted by atomic mass is 10.1. The molecule has 0 aliphatic heterocycles. The summed E-state index contributed by atoms with van der Waals surface area (Å²) >= 11 is 0. The van der Waals surface area contributed by atoms with E-state index in [0.29, 0.717) is 13.0 Å². The van der Waals surface area contributed by atoms with Crippen molar-refractivity contribution in [1.29, 1.82) is 0 Å². The highest BCUT2D eigenvalue weighted by molar-refractivity contribution is 7.92. The van der Waals surface area contributed by atoms with E-state index in [2.05, 4.69) is 5.32 Å². The third-order valence-corrected chi connectivity index (χ3v) is 6.45. The van der Waals surface area contributed by atoms with Gasteiger partial charge in [-0.05, 0) is 31.9 Å². The number of non-ortho nitro benzene ring substituents is 1. The molecule has 35 heavy (non-hydrogen) atoms. The van der Waals surface area contributed by atoms with Crippen LogP contribution in [0.4, 0.5) is 11.4 Å². The predicted octanol–water partition coefficient (Wildman–Crippen LogP) is 1.97. The third kappa shape index (κ3) is 7.41. The molecule has 0 bridgehead atoms. The maximum absolute atomic E-state index is 13.4. The molecule has 1 atom stereocenters. The Morgan fingerprint density at radius 1 is 1.17 bits per heavy atom. The SMILES string of the molecule is CCNC(=O)[C@@H](C)N(CCc1ccccc1)C(=O)CN(c1cc([N+](=O)[O-])ccc1OC)S(C)(=O)=O. The number of sulfonamides is 1. The van der Waals surface area contributed by atoms with E-state index in [1.807, 2.05) is 30.3 Å². The number of likely N-dealkylation sites (N-methyl/N-ethyl adjacent to an activating group) is 1. The van der Waals surface area contributed by atoms with Gasteiger partial charge in [0.15, 0.2) is 0 Å². The van der Waals surface area contributed by atoms with Gasteiger partial charge in [-0.2, -0.15) is 0 Å². The van der Waals surface area contributed by atoms with Gasteiger partial charge in [-0.3, -0.25) is 24.0 Å². The fourth-order valence-electron chi connectivity index (χ4n) is 3.47. The summed E-state index contributed by atoms with van der Waals surface area (Å²) in [5.74, 6) is -0.979. The van der Waals surface area contributed by atoms with Crippen LogP contribution in [0.3, 0.4) is 0 Å². The van der Waals surface area contributed by atoms with Gasteiger partial charge >= 0.3 is 0 Å². The molecule has 2 rings (SSSR count). The monoisotopic (exact) mass is 506 g/mol. The first-order valence-corrected chi connectivity index (χ1v) is 12.8. The summed E-state index contributed by atoms with van der Waals surface area (Å²) in [6.45, 7) is 3.16. The highest BCUT2D eigenvalue weighted by Crippen LogP contribution is 2.33. The molecule has 0 radical (unpaired) electrons. The second kappa shape index (κ2) is 12.2. The van der Waals surface area contributed by atoms with Crippen molar-refractivity contribution in [2.45, 2.75) is 26.3 Å². The van der Waals surface area contributed by atoms with E-state index in [0.717, 1.165) is 22.2 Å². The molecular formula is C23H30N4O7S. The normalized spacial score (nSPS) is 11.9. The molecule has 11 nitrogen and oxygen atoms in total. The van der Waals surface area contributed by atoms with E-state index in [4.69, 9.17) is 4.74 Å². The zero-order valence-electron chi connectivity index (χ0n) is 20.1. The van der Waals surface area contributed by atoms with Gasteiger partial charge in [-0.15, -0.1) is 0 Å². The summed E-state index contributed by atoms with van der Waals surface area (Å²) in [7, 11) is -2.77. The number of nitro benzene ring substituents is 1. The Balaban J connectivity index is 2.43. The lowest BCUT2D eigenvalue weighted by Crippen LogP contribution is -2.52. The first-order valence-electron chi connectivity index (χ1n) is 10.9. The van der Waals surface area contributed by atoms with Gasteiger partial charge in [0.05, 0.1) is 18.3 Å². The second-order valence-electron chi connectivity index (χ2n) is 7.78. The topological polar surface area (TPSA) is 139 Å². The smallest absolute Gasteiger partial charge is 0.271 e. The largest absolute Gasteiger partial charge is 0.495 e. The van der Waals surface area contributed by atoms with Crippen molar-refractivity contribution in [2.75, 3.05) is 37.3 Å². The fraction of sp³-hybridized carbons (Fsp3) is 0.391. The highest BCUT2D eigenvalue weighted by atomic mass is 32.2. The van der Waals surface area contributed by atoms with E-state index >= 15 is 0 Å². The van der Waals surface area contributed by atoms with Crippen LogP contribution in [0.5, 0.6) is 5.75 Å². The van der Waals surface area contributed by atoms with Crippen LogP contribution >= 0.6 is 0 Å². The van der Waals surface area contributed by atoms with Gasteiger partial charge in [-0.25, -0.2) is 8.42 Å². The maximum atomic E-state index is 13.4. The van der Waals surface area contributed by atoms with Crippen molar-refractivity contribution < 1.29 is 27.7 Å². The molecule has 2 amide bonds. The minimum Gasteiger partial charge on any atom is -0.495 e. The minimum absolute atomic E-state index is 0.0430. The van der Waals surface area contributed by atoms with Crippen molar-refractivity contribution in [3.05, 3.63) is 64.2 Å². The molecule has 2 aromatic carbocycles. The summed E-state index contributed by atoms with van der Waals surface area (Å²) in [6, 6.07) is 11.9. The van der Waals surface area contributed by atoms with E-state index in [1.165, 1.54) is 24.1 Å². The highest BCUT2D eigenvalue weighted by Gasteiger charge is 2.31. The number of rotatable bonds is 12. The molecule has 0 saturated carbocycles. The van der Waals surface area contributed by atoms with Gasteiger partial charge < -0.3 is 15.0 Å². The Morgan fingerprint density at radius 2 is 1.83 bits per heavy atom. The van der Waals surface area contributed by atoms with Crippen LogP contribution in [0, 0.1) is 10.1 Å². The summed E-state index contributed by atoms with van der Waals surface area (Å²) in [5.41, 5.74) is 0.429. The van der Waals surface area contributed by atoms with Crippen LogP contribution < -0.4 is 14.4 Å². The Bertz CT molecular complexity index is 1160. The number of nitrogens with one attached hydrogen (secondary N) is 1. The van der Waals surface area contributed by atoms with Crippen molar-refractivity contribution in [2.24, 2.45) is 0 Å². The van der Waals surface area contributed by atoms with E-state index in [-0.39, 0.29) is 29.6 Å². The van der Waals surface area contributed by atoms with Crippen molar-refractivity contribution in [3.63, 3.8) is 0 Å². The molecule has 12 heteroatoms. The summed E-state index contributed by atoms with van der Waals surface area (Å²) in [4.78, 5) is 37.9. The minimum atomic E-state index is -4.06. The maximum Gasteiger partial charge on any atom is 0.271 e. The molecule has 0 heterocycles. The number of benzene rings is 2. The van der Waals surface area contributed by atoms with Crippen LogP contribution in [0.1, 0.15) is 19.4 Å². The molecule has 0 unspecified atom stereocenters. The molecule has 0 fully saturated rings. The number of carbonyl (C=O) groups is 2. The molecule has 0 aliphatic rings. The van der Waals surface area contributed by atoms with Crippen molar-refractivity contribution in [3.8, 4) is 5.75 Å². The van der Waals surface area contributed by atoms with Crippen LogP contribution in [-0.2, 0) is 26.0 Å². The van der Waals surface area contributed by atoms with Crippen LogP contribution in [-0.4, -0.2) is 69.1 Å². The number of nitro groups is 1. The Hall–Kier alpha value is -3.67. The van der Waals surface area contributed by atoms with Gasteiger partial charge in [0.1, 0.15) is 24.0 Å². The van der Waals surface area contributed by atoms with Gasteiger partial charge in [-0.1, -0.05) is 30.3 Å². The van der Waals surface area contributed by atoms with Crippen molar-refractivity contribution >= 4 is 33.2 Å². The number of amides is 2. The molecule has 0 saturated heterocycles. The average molecular weight is 507 g/mol. The molecular weight excluding hydrogens is 476 g/mol. The fourth-order valence-corrected chi connectivity index (χ4v) is 4.32. The quantitative estimate of drug-likeness (QED) is 0.343. The zero-order chi connectivity index (χ0) is 26.2. The number of hydrogen-bond donors (Lipinski definition) is 1. The van der Waals surface area contributed by atoms with Crippen LogP contribution in [0.25, 0.3) is 0 Å². The molecule has 2 aromatic rings. The Kier molecular flexibility index (Phi) is 9.58. The number of hydrogen-bond acceptors (Lipinski definition) is 7. The molecule has 0 aromatic heterocycles. The van der Waals surface area contributed by atoms with E-state index < -0.39 is 33.4 Å². The Morgan fingerprint density at radius 3 is 2.37 bits per heavy atom. The first-order chi connectivity index (χ1) is 16.5. The number of ether oxygens (including phenoxy) is 1. The van der Waals surface area contributed by atoms with Gasteiger partial charge in [0.25, 0.3) is 5.69 Å². The standard InChI is InChI=1S/C23H30N4O7S/c1-5-24-23(29)17(2)25(14-13-18-9-7-6-8-10-18)22(28)16-26(35(4,32)33)20-15-19(27(30)31)11-12-21(20)34-3/h6-12,15,17H,5,13-14,16H2,1-4H3,(H,24,29)/t17-/m1/s1. The average Bonchev–Trinajstić information content (AvgIpc) is 2.82. The predicted molar refractivity (Wildman–Crippen MR) is 132 cm³/mol. The summed E-state index contributed by atoms with van der Waals surface area (Å²) in [5, 5.41) is 14.0. The summed E-state index contributed by atoms with van der Waals surface area (Å²) in [6.07, 6.45) is 1.33. The number of methoxy groups -OCH3 is 1. The zero-order valence-corrected chi connectivity index (χ0v) is 20.9. The number of anilines is 1. The van der Waals surface area contributed by atoms with Crippen LogP contribution in [0.15, 0.2) is 48.5 Å². The molecule has 0 spiro atoms.